The third-order valence-corrected chi connectivity index (χ3v) is 6.24. The zero-order valence-electron chi connectivity index (χ0n) is 18.7. The Bertz CT molecular complexity index is 1600. The topological polar surface area (TPSA) is 52.2 Å². The van der Waals surface area contributed by atoms with Gasteiger partial charge in [0.1, 0.15) is 11.6 Å². The highest BCUT2D eigenvalue weighted by molar-refractivity contribution is 9.10. The highest BCUT2D eigenvalue weighted by atomic mass is 79.9. The molecule has 0 saturated carbocycles. The average Bonchev–Trinajstić information content (AvgIpc) is 3.17. The van der Waals surface area contributed by atoms with Gasteiger partial charge in [-0.3, -0.25) is 4.79 Å². The van der Waals surface area contributed by atoms with Gasteiger partial charge in [-0.1, -0.05) is 60.1 Å². The molecule has 0 saturated heterocycles. The molecule has 7 heteroatoms. The fourth-order valence-corrected chi connectivity index (χ4v) is 4.43. The van der Waals surface area contributed by atoms with Gasteiger partial charge in [-0.05, 0) is 42.0 Å². The lowest BCUT2D eigenvalue weighted by molar-refractivity contribution is 0.626. The second-order valence-corrected chi connectivity index (χ2v) is 9.42. The number of para-hydroxylation sites is 1. The van der Waals surface area contributed by atoms with Gasteiger partial charge in [-0.2, -0.15) is 9.78 Å². The number of rotatable bonds is 5. The molecule has 34 heavy (non-hydrogen) atoms. The SMILES string of the molecule is CC(C)c1nc2ccc(Br)cc2c(=O)n1N=Cc1cn(Cc2ccc(F)cc2)c2ccccc12. The van der Waals surface area contributed by atoms with Crippen LogP contribution in [0, 0.1) is 5.82 Å². The minimum absolute atomic E-state index is 0.0118. The molecule has 0 spiro atoms. The summed E-state index contributed by atoms with van der Waals surface area (Å²) in [5.41, 5.74) is 3.35. The van der Waals surface area contributed by atoms with E-state index in [9.17, 15) is 9.18 Å². The van der Waals surface area contributed by atoms with Crippen molar-refractivity contribution < 1.29 is 4.39 Å². The van der Waals surface area contributed by atoms with Crippen molar-refractivity contribution in [1.82, 2.24) is 14.2 Å². The molecule has 0 atom stereocenters. The van der Waals surface area contributed by atoms with Gasteiger partial charge < -0.3 is 4.57 Å². The van der Waals surface area contributed by atoms with E-state index in [1.54, 1.807) is 24.4 Å². The van der Waals surface area contributed by atoms with Crippen LogP contribution in [0.25, 0.3) is 21.8 Å². The molecule has 2 aromatic heterocycles. The molecule has 0 bridgehead atoms. The third kappa shape index (κ3) is 4.19. The first kappa shape index (κ1) is 22.2. The number of nitrogens with zero attached hydrogens (tertiary/aromatic N) is 4. The smallest absolute Gasteiger partial charge is 0.282 e. The van der Waals surface area contributed by atoms with E-state index in [-0.39, 0.29) is 17.3 Å². The molecule has 2 heterocycles. The summed E-state index contributed by atoms with van der Waals surface area (Å²) in [6, 6.07) is 20.0. The number of aromatic nitrogens is 3. The van der Waals surface area contributed by atoms with Crippen LogP contribution in [0.2, 0.25) is 0 Å². The summed E-state index contributed by atoms with van der Waals surface area (Å²) in [4.78, 5) is 18.0. The van der Waals surface area contributed by atoms with Crippen LogP contribution in [0.3, 0.4) is 0 Å². The maximum absolute atomic E-state index is 13.3. The molecule has 0 radical (unpaired) electrons. The molecular weight excluding hydrogens is 495 g/mol. The van der Waals surface area contributed by atoms with Crippen molar-refractivity contribution >= 4 is 44.0 Å². The van der Waals surface area contributed by atoms with E-state index in [2.05, 4.69) is 25.6 Å². The van der Waals surface area contributed by atoms with Gasteiger partial charge in [-0.25, -0.2) is 9.37 Å². The lowest BCUT2D eigenvalue weighted by Gasteiger charge is -2.11. The molecule has 5 rings (SSSR count). The van der Waals surface area contributed by atoms with Crippen molar-refractivity contribution in [3.63, 3.8) is 0 Å². The van der Waals surface area contributed by atoms with E-state index in [4.69, 9.17) is 4.98 Å². The van der Waals surface area contributed by atoms with Crippen LogP contribution in [0.4, 0.5) is 4.39 Å². The molecule has 170 valence electrons. The zero-order chi connectivity index (χ0) is 23.8. The lowest BCUT2D eigenvalue weighted by Crippen LogP contribution is -2.23. The molecule has 0 aliphatic heterocycles. The summed E-state index contributed by atoms with van der Waals surface area (Å²) in [5.74, 6) is 0.361. The van der Waals surface area contributed by atoms with Crippen LogP contribution >= 0.6 is 15.9 Å². The maximum atomic E-state index is 13.3. The standard InChI is InChI=1S/C27H22BrFN4O/c1-17(2)26-31-24-12-9-20(28)13-23(24)27(34)33(26)30-14-19-16-32(25-6-4-3-5-22(19)25)15-18-7-10-21(29)11-8-18/h3-14,16-17H,15H2,1-2H3. The predicted molar refractivity (Wildman–Crippen MR) is 138 cm³/mol. The summed E-state index contributed by atoms with van der Waals surface area (Å²) in [6.07, 6.45) is 3.71. The highest BCUT2D eigenvalue weighted by Gasteiger charge is 2.14. The molecule has 0 unspecified atom stereocenters. The Hall–Kier alpha value is -3.58. The number of fused-ring (bicyclic) bond motifs is 2. The van der Waals surface area contributed by atoms with Crippen molar-refractivity contribution in [3.8, 4) is 0 Å². The van der Waals surface area contributed by atoms with Gasteiger partial charge in [-0.15, -0.1) is 0 Å². The Kier molecular flexibility index (Phi) is 5.87. The first-order valence-corrected chi connectivity index (χ1v) is 11.8. The Labute approximate surface area is 204 Å². The van der Waals surface area contributed by atoms with Gasteiger partial charge in [0.2, 0.25) is 0 Å². The van der Waals surface area contributed by atoms with E-state index in [0.717, 1.165) is 26.5 Å². The largest absolute Gasteiger partial charge is 0.342 e. The highest BCUT2D eigenvalue weighted by Crippen LogP contribution is 2.22. The monoisotopic (exact) mass is 516 g/mol. The molecule has 3 aromatic carbocycles. The molecule has 5 aromatic rings. The van der Waals surface area contributed by atoms with Crippen molar-refractivity contribution in [2.24, 2.45) is 5.10 Å². The molecule has 0 N–H and O–H groups in total. The van der Waals surface area contributed by atoms with Gasteiger partial charge in [0.25, 0.3) is 5.56 Å². The zero-order valence-corrected chi connectivity index (χ0v) is 20.3. The van der Waals surface area contributed by atoms with E-state index in [0.29, 0.717) is 23.3 Å². The van der Waals surface area contributed by atoms with Crippen LogP contribution < -0.4 is 5.56 Å². The first-order valence-electron chi connectivity index (χ1n) is 11.0. The van der Waals surface area contributed by atoms with E-state index in [1.807, 2.05) is 56.4 Å². The van der Waals surface area contributed by atoms with Gasteiger partial charge in [0.15, 0.2) is 0 Å². The maximum Gasteiger partial charge on any atom is 0.282 e. The molecule has 0 fully saturated rings. The number of hydrogen-bond donors (Lipinski definition) is 0. The van der Waals surface area contributed by atoms with Gasteiger partial charge in [0.05, 0.1) is 17.1 Å². The van der Waals surface area contributed by atoms with E-state index in [1.165, 1.54) is 16.8 Å². The molecule has 0 amide bonds. The second kappa shape index (κ2) is 8.99. The van der Waals surface area contributed by atoms with Crippen LogP contribution in [0.1, 0.15) is 36.7 Å². The summed E-state index contributed by atoms with van der Waals surface area (Å²) >= 11 is 3.44. The number of hydrogen-bond acceptors (Lipinski definition) is 3. The van der Waals surface area contributed by atoms with Crippen LogP contribution in [0.5, 0.6) is 0 Å². The molecule has 0 aliphatic carbocycles. The molecule has 5 nitrogen and oxygen atoms in total. The third-order valence-electron chi connectivity index (χ3n) is 5.75. The van der Waals surface area contributed by atoms with E-state index < -0.39 is 0 Å². The summed E-state index contributed by atoms with van der Waals surface area (Å²) in [6.45, 7) is 4.58. The predicted octanol–water partition coefficient (Wildman–Crippen LogP) is 6.31. The number of halogens is 2. The van der Waals surface area contributed by atoms with Crippen molar-refractivity contribution in [2.45, 2.75) is 26.3 Å². The van der Waals surface area contributed by atoms with E-state index >= 15 is 0 Å². The van der Waals surface area contributed by atoms with Gasteiger partial charge in [0, 0.05) is 39.6 Å². The normalized spacial score (nSPS) is 11.9. The summed E-state index contributed by atoms with van der Waals surface area (Å²) in [5, 5.41) is 6.12. The Morgan fingerprint density at radius 1 is 1.06 bits per heavy atom. The Morgan fingerprint density at radius 3 is 2.59 bits per heavy atom. The molecule has 0 aliphatic rings. The fraction of sp³-hybridized carbons (Fsp3) is 0.148. The Balaban J connectivity index is 1.61. The van der Waals surface area contributed by atoms with Crippen LogP contribution in [-0.2, 0) is 6.54 Å². The van der Waals surface area contributed by atoms with Crippen LogP contribution in [0.15, 0.2) is 87.3 Å². The van der Waals surface area contributed by atoms with Gasteiger partial charge >= 0.3 is 0 Å². The average molecular weight is 517 g/mol. The van der Waals surface area contributed by atoms with Crippen molar-refractivity contribution in [2.75, 3.05) is 0 Å². The van der Waals surface area contributed by atoms with Crippen LogP contribution in [-0.4, -0.2) is 20.4 Å². The fourth-order valence-electron chi connectivity index (χ4n) is 4.07. The first-order chi connectivity index (χ1) is 16.4. The number of benzene rings is 3. The quantitative estimate of drug-likeness (QED) is 0.257. The Morgan fingerprint density at radius 2 is 1.82 bits per heavy atom. The minimum atomic E-state index is -0.253. The molecular formula is C27H22BrFN4O. The van der Waals surface area contributed by atoms with Crippen molar-refractivity contribution in [3.05, 3.63) is 111 Å². The minimum Gasteiger partial charge on any atom is -0.342 e. The second-order valence-electron chi connectivity index (χ2n) is 8.50. The lowest BCUT2D eigenvalue weighted by atomic mass is 10.2. The summed E-state index contributed by atoms with van der Waals surface area (Å²) in [7, 11) is 0. The summed E-state index contributed by atoms with van der Waals surface area (Å²) < 4.78 is 17.6. The van der Waals surface area contributed by atoms with Crippen molar-refractivity contribution in [1.29, 1.82) is 0 Å².